The van der Waals surface area contributed by atoms with Crippen LogP contribution in [0.15, 0.2) is 12.1 Å². The van der Waals surface area contributed by atoms with Crippen LogP contribution in [-0.2, 0) is 4.79 Å². The Kier molecular flexibility index (Phi) is 4.52. The van der Waals surface area contributed by atoms with E-state index in [1.54, 1.807) is 19.9 Å². The summed E-state index contributed by atoms with van der Waals surface area (Å²) in [5.41, 5.74) is 5.17. The number of amides is 2. The average Bonchev–Trinajstić information content (AvgIpc) is 2.27. The van der Waals surface area contributed by atoms with Crippen LogP contribution in [0.3, 0.4) is 0 Å². The van der Waals surface area contributed by atoms with Crippen LogP contribution in [0, 0.1) is 0 Å². The van der Waals surface area contributed by atoms with E-state index in [1.807, 2.05) is 13.8 Å². The zero-order valence-electron chi connectivity index (χ0n) is 11.5. The van der Waals surface area contributed by atoms with Gasteiger partial charge in [0.1, 0.15) is 10.7 Å². The first kappa shape index (κ1) is 15.4. The van der Waals surface area contributed by atoms with Gasteiger partial charge >= 0.3 is 0 Å². The number of hydrogen-bond acceptors (Lipinski definition) is 3. The molecule has 0 saturated heterocycles. The Bertz CT molecular complexity index is 513. The second kappa shape index (κ2) is 5.57. The molecule has 0 aliphatic carbocycles. The molecule has 1 heterocycles. The third-order valence-electron chi connectivity index (χ3n) is 2.71. The first-order chi connectivity index (χ1) is 8.63. The molecule has 6 heteroatoms. The predicted octanol–water partition coefficient (Wildman–Crippen LogP) is 1.85. The van der Waals surface area contributed by atoms with Crippen LogP contribution >= 0.6 is 11.6 Å². The van der Waals surface area contributed by atoms with Crippen molar-refractivity contribution >= 4 is 23.4 Å². The molecule has 0 aliphatic rings. The van der Waals surface area contributed by atoms with Gasteiger partial charge in [-0.3, -0.25) is 9.59 Å². The molecule has 1 aromatic heterocycles. The lowest BCUT2D eigenvalue weighted by atomic mass is 10.0. The number of halogens is 1. The Labute approximate surface area is 117 Å². The third-order valence-corrected chi connectivity index (χ3v) is 2.90. The Morgan fingerprint density at radius 2 is 1.95 bits per heavy atom. The third kappa shape index (κ3) is 3.92. The molecule has 0 fully saturated rings. The maximum absolute atomic E-state index is 12.1. The zero-order chi connectivity index (χ0) is 14.8. The highest BCUT2D eigenvalue weighted by atomic mass is 35.5. The van der Waals surface area contributed by atoms with Gasteiger partial charge in [0.2, 0.25) is 5.91 Å². The van der Waals surface area contributed by atoms with E-state index in [4.69, 9.17) is 17.3 Å². The molecule has 0 aromatic carbocycles. The number of pyridine rings is 1. The Morgan fingerprint density at radius 3 is 2.42 bits per heavy atom. The smallest absolute Gasteiger partial charge is 0.252 e. The molecule has 0 bridgehead atoms. The summed E-state index contributed by atoms with van der Waals surface area (Å²) in [6.45, 7) is 6.99. The molecular formula is C13H18ClN3O2. The maximum atomic E-state index is 12.1. The molecule has 0 aliphatic heterocycles. The van der Waals surface area contributed by atoms with Crippen LogP contribution in [-0.4, -0.2) is 22.3 Å². The number of nitrogens with one attached hydrogen (secondary N) is 1. The highest BCUT2D eigenvalue weighted by Crippen LogP contribution is 2.18. The lowest BCUT2D eigenvalue weighted by molar-refractivity contribution is -0.122. The van der Waals surface area contributed by atoms with Crippen molar-refractivity contribution < 1.29 is 9.59 Å². The van der Waals surface area contributed by atoms with Gasteiger partial charge in [-0.25, -0.2) is 4.98 Å². The highest BCUT2D eigenvalue weighted by molar-refractivity contribution is 6.29. The fraction of sp³-hybridized carbons (Fsp3) is 0.462. The van der Waals surface area contributed by atoms with Crippen molar-refractivity contribution in [1.82, 2.24) is 10.3 Å². The normalized spacial score (nSPS) is 11.5. The number of hydrogen-bond donors (Lipinski definition) is 2. The summed E-state index contributed by atoms with van der Waals surface area (Å²) in [5.74, 6) is -0.866. The fourth-order valence-electron chi connectivity index (χ4n) is 1.36. The molecular weight excluding hydrogens is 266 g/mol. The van der Waals surface area contributed by atoms with E-state index in [0.29, 0.717) is 5.56 Å². The van der Waals surface area contributed by atoms with Gasteiger partial charge in [0.05, 0.1) is 0 Å². The first-order valence-corrected chi connectivity index (χ1v) is 6.31. The minimum absolute atomic E-state index is 0.148. The SMILES string of the molecule is CC(C)c1cc(C(=O)NC(C)(C)C(N)=O)cc(Cl)n1. The zero-order valence-corrected chi connectivity index (χ0v) is 12.2. The van der Waals surface area contributed by atoms with E-state index in [1.165, 1.54) is 6.07 Å². The summed E-state index contributed by atoms with van der Waals surface area (Å²) in [6.07, 6.45) is 0. The number of carbonyl (C=O) groups excluding carboxylic acids is 2. The minimum atomic E-state index is -1.12. The van der Waals surface area contributed by atoms with Gasteiger partial charge in [0.15, 0.2) is 0 Å². The summed E-state index contributed by atoms with van der Waals surface area (Å²) in [5, 5.41) is 2.81. The number of aromatic nitrogens is 1. The van der Waals surface area contributed by atoms with Gasteiger partial charge in [-0.1, -0.05) is 25.4 Å². The monoisotopic (exact) mass is 283 g/mol. The summed E-state index contributed by atoms with van der Waals surface area (Å²) in [6, 6.07) is 3.11. The second-order valence-corrected chi connectivity index (χ2v) is 5.59. The lowest BCUT2D eigenvalue weighted by Gasteiger charge is -2.22. The number of rotatable bonds is 4. The van der Waals surface area contributed by atoms with Gasteiger partial charge in [0, 0.05) is 11.3 Å². The topological polar surface area (TPSA) is 85.1 Å². The van der Waals surface area contributed by atoms with Gasteiger partial charge in [-0.2, -0.15) is 0 Å². The van der Waals surface area contributed by atoms with E-state index in [2.05, 4.69) is 10.3 Å². The highest BCUT2D eigenvalue weighted by Gasteiger charge is 2.27. The second-order valence-electron chi connectivity index (χ2n) is 5.20. The van der Waals surface area contributed by atoms with Gasteiger partial charge in [-0.05, 0) is 31.9 Å². The van der Waals surface area contributed by atoms with Crippen molar-refractivity contribution in [3.63, 3.8) is 0 Å². The van der Waals surface area contributed by atoms with Gasteiger partial charge in [-0.15, -0.1) is 0 Å². The van der Waals surface area contributed by atoms with Crippen LogP contribution in [0.25, 0.3) is 0 Å². The Balaban J connectivity index is 3.04. The van der Waals surface area contributed by atoms with Crippen molar-refractivity contribution in [1.29, 1.82) is 0 Å². The van der Waals surface area contributed by atoms with Crippen LogP contribution < -0.4 is 11.1 Å². The molecule has 0 radical (unpaired) electrons. The van der Waals surface area contributed by atoms with E-state index >= 15 is 0 Å². The summed E-state index contributed by atoms with van der Waals surface area (Å²) in [7, 11) is 0. The molecule has 0 spiro atoms. The van der Waals surface area contributed by atoms with E-state index < -0.39 is 17.4 Å². The number of carbonyl (C=O) groups is 2. The average molecular weight is 284 g/mol. The predicted molar refractivity (Wildman–Crippen MR) is 74.1 cm³/mol. The summed E-state index contributed by atoms with van der Waals surface area (Å²) in [4.78, 5) is 27.4. The lowest BCUT2D eigenvalue weighted by Crippen LogP contribution is -2.53. The summed E-state index contributed by atoms with van der Waals surface area (Å²) >= 11 is 5.89. The standard InChI is InChI=1S/C13H18ClN3O2/c1-7(2)9-5-8(6-10(14)16-9)11(18)17-13(3,4)12(15)19/h5-7H,1-4H3,(H2,15,19)(H,17,18). The van der Waals surface area contributed by atoms with Crippen molar-refractivity contribution in [3.05, 3.63) is 28.5 Å². The van der Waals surface area contributed by atoms with Gasteiger partial charge in [0.25, 0.3) is 5.91 Å². The van der Waals surface area contributed by atoms with Gasteiger partial charge < -0.3 is 11.1 Å². The van der Waals surface area contributed by atoms with Crippen molar-refractivity contribution in [2.45, 2.75) is 39.2 Å². The minimum Gasteiger partial charge on any atom is -0.368 e. The quantitative estimate of drug-likeness (QED) is 0.827. The van der Waals surface area contributed by atoms with Crippen molar-refractivity contribution in [2.24, 2.45) is 5.73 Å². The molecule has 104 valence electrons. The van der Waals surface area contributed by atoms with Crippen molar-refractivity contribution in [3.8, 4) is 0 Å². The Morgan fingerprint density at radius 1 is 1.37 bits per heavy atom. The van der Waals surface area contributed by atoms with E-state index in [-0.39, 0.29) is 11.1 Å². The molecule has 5 nitrogen and oxygen atoms in total. The molecule has 2 amide bonds. The molecule has 3 N–H and O–H groups in total. The summed E-state index contributed by atoms with van der Waals surface area (Å²) < 4.78 is 0. The molecule has 1 rings (SSSR count). The fourth-order valence-corrected chi connectivity index (χ4v) is 1.58. The van der Waals surface area contributed by atoms with Crippen LogP contribution in [0.2, 0.25) is 5.15 Å². The van der Waals surface area contributed by atoms with Crippen LogP contribution in [0.5, 0.6) is 0 Å². The van der Waals surface area contributed by atoms with E-state index in [0.717, 1.165) is 5.69 Å². The molecule has 0 saturated carbocycles. The molecule has 1 aromatic rings. The number of nitrogens with two attached hydrogens (primary N) is 1. The molecule has 0 unspecified atom stereocenters. The largest absolute Gasteiger partial charge is 0.368 e. The molecule has 0 atom stereocenters. The van der Waals surface area contributed by atoms with Crippen LogP contribution in [0.4, 0.5) is 0 Å². The number of nitrogens with zero attached hydrogens (tertiary/aromatic N) is 1. The molecule has 19 heavy (non-hydrogen) atoms. The first-order valence-electron chi connectivity index (χ1n) is 5.93. The van der Waals surface area contributed by atoms with Crippen molar-refractivity contribution in [2.75, 3.05) is 0 Å². The van der Waals surface area contributed by atoms with E-state index in [9.17, 15) is 9.59 Å². The number of primary amides is 1. The Hall–Kier alpha value is -1.62. The maximum Gasteiger partial charge on any atom is 0.252 e. The van der Waals surface area contributed by atoms with Crippen LogP contribution in [0.1, 0.15) is 49.7 Å².